The summed E-state index contributed by atoms with van der Waals surface area (Å²) in [5.41, 5.74) is 4.24. The van der Waals surface area contributed by atoms with Crippen molar-refractivity contribution in [3.63, 3.8) is 0 Å². The zero-order valence-corrected chi connectivity index (χ0v) is 33.2. The van der Waals surface area contributed by atoms with Gasteiger partial charge in [-0.25, -0.2) is 0 Å². The van der Waals surface area contributed by atoms with Crippen molar-refractivity contribution in [3.05, 3.63) is 117 Å². The fourth-order valence-corrected chi connectivity index (χ4v) is 5.70. The van der Waals surface area contributed by atoms with E-state index >= 15 is 0 Å². The summed E-state index contributed by atoms with van der Waals surface area (Å²) < 4.78 is 6.13. The minimum atomic E-state index is -0.324. The van der Waals surface area contributed by atoms with Crippen molar-refractivity contribution in [1.29, 1.82) is 0 Å². The number of carbonyl (C=O) groups is 2. The normalized spacial score (nSPS) is 16.4. The lowest BCUT2D eigenvalue weighted by Crippen LogP contribution is -2.27. The number of carbonyl (C=O) groups excluding carboxylic acids is 2. The molecule has 2 aliphatic rings. The number of allylic oxidation sites excluding steroid dienone is 10. The quantitative estimate of drug-likeness (QED) is 0.277. The van der Waals surface area contributed by atoms with Crippen LogP contribution < -0.4 is 4.74 Å². The van der Waals surface area contributed by atoms with Crippen LogP contribution in [-0.4, -0.2) is 11.6 Å². The first-order valence-corrected chi connectivity index (χ1v) is 17.7. The van der Waals surface area contributed by atoms with E-state index < -0.39 is 0 Å². The summed E-state index contributed by atoms with van der Waals surface area (Å²) in [7, 11) is 0. The Balaban J connectivity index is 1.58. The van der Waals surface area contributed by atoms with Crippen LogP contribution in [0.25, 0.3) is 0 Å². The third-order valence-electron chi connectivity index (χ3n) is 8.26. The summed E-state index contributed by atoms with van der Waals surface area (Å²) in [6.45, 7) is 24.3. The molecule has 0 radical (unpaired) electrons. The van der Waals surface area contributed by atoms with Crippen molar-refractivity contribution in [2.45, 2.75) is 83.1 Å². The smallest absolute Gasteiger partial charge is 0.186 e. The van der Waals surface area contributed by atoms with Crippen LogP contribution in [0.15, 0.2) is 127 Å². The molecule has 0 unspecified atom stereocenters. The predicted octanol–water partition coefficient (Wildman–Crippen LogP) is 13.8. The van der Waals surface area contributed by atoms with E-state index in [1.807, 2.05) is 107 Å². The minimum Gasteiger partial charge on any atom is -0.454 e. The lowest BCUT2D eigenvalue weighted by Gasteiger charge is -2.31. The molecule has 0 aliphatic heterocycles. The fraction of sp³-hybridized carbons (Fsp3) is 0.381. The van der Waals surface area contributed by atoms with E-state index in [1.165, 1.54) is 0 Å². The molecule has 2 aromatic carbocycles. The highest BCUT2D eigenvalue weighted by molar-refractivity contribution is 6.33. The third-order valence-corrected chi connectivity index (χ3v) is 8.89. The molecule has 0 spiro atoms. The van der Waals surface area contributed by atoms with Gasteiger partial charge < -0.3 is 4.74 Å². The Kier molecular flexibility index (Phi) is 11.5. The van der Waals surface area contributed by atoms with Crippen LogP contribution in [0.2, 0.25) is 10.0 Å². The van der Waals surface area contributed by atoms with Gasteiger partial charge in [0, 0.05) is 34.4 Å². The largest absolute Gasteiger partial charge is 0.454 e. The van der Waals surface area contributed by atoms with Crippen molar-refractivity contribution in [2.75, 3.05) is 0 Å². The topological polar surface area (TPSA) is 92.8 Å². The first-order valence-electron chi connectivity index (χ1n) is 16.9. The second-order valence-electron chi connectivity index (χ2n) is 16.9. The molecule has 4 rings (SSSR count). The standard InChI is InChI=1S/C42H48Cl2N4O3/c1-39(2,3)29-17-25(18-30(37(29)49)40(4,5)6)23-45-47-27-13-15-33(43)35(21-27)51-36-22-28(14-16-34(36)44)48-46-24-26-19-31(41(7,8)9)38(50)32(20-26)42(10,11)12/h13-24H,1-12H3. The summed E-state index contributed by atoms with van der Waals surface area (Å²) in [6.07, 6.45) is 10.8. The number of ether oxygens (including phenoxy) is 1. The van der Waals surface area contributed by atoms with E-state index in [4.69, 9.17) is 27.9 Å². The van der Waals surface area contributed by atoms with Crippen molar-refractivity contribution < 1.29 is 14.3 Å². The van der Waals surface area contributed by atoms with Crippen molar-refractivity contribution in [3.8, 4) is 11.5 Å². The van der Waals surface area contributed by atoms with Gasteiger partial charge in [-0.1, -0.05) is 106 Å². The van der Waals surface area contributed by atoms with Crippen LogP contribution in [-0.2, 0) is 9.59 Å². The highest BCUT2D eigenvalue weighted by Crippen LogP contribution is 2.41. The van der Waals surface area contributed by atoms with Crippen molar-refractivity contribution in [1.82, 2.24) is 0 Å². The van der Waals surface area contributed by atoms with Gasteiger partial charge in [-0.15, -0.1) is 0 Å². The van der Waals surface area contributed by atoms with Crippen LogP contribution in [0.4, 0.5) is 11.4 Å². The first kappa shape index (κ1) is 39.6. The van der Waals surface area contributed by atoms with Gasteiger partial charge in [0.05, 0.1) is 33.8 Å². The van der Waals surface area contributed by atoms with E-state index in [9.17, 15) is 9.59 Å². The Morgan fingerprint density at radius 2 is 0.804 bits per heavy atom. The molecule has 0 bridgehead atoms. The monoisotopic (exact) mass is 726 g/mol. The maximum atomic E-state index is 13.3. The minimum absolute atomic E-state index is 0.0606. The van der Waals surface area contributed by atoms with Crippen molar-refractivity contribution in [2.24, 2.45) is 42.1 Å². The van der Waals surface area contributed by atoms with Gasteiger partial charge in [0.2, 0.25) is 0 Å². The molecule has 0 saturated carbocycles. The Morgan fingerprint density at radius 3 is 1.08 bits per heavy atom. The molecule has 0 N–H and O–H groups in total. The summed E-state index contributed by atoms with van der Waals surface area (Å²) >= 11 is 13.0. The Hall–Kier alpha value is -4.20. The summed E-state index contributed by atoms with van der Waals surface area (Å²) in [4.78, 5) is 26.5. The van der Waals surface area contributed by atoms with Gasteiger partial charge in [-0.3, -0.25) is 9.59 Å². The van der Waals surface area contributed by atoms with E-state index in [2.05, 4.69) is 20.5 Å². The molecule has 0 heterocycles. The van der Waals surface area contributed by atoms with E-state index in [-0.39, 0.29) is 33.2 Å². The maximum absolute atomic E-state index is 13.3. The first-order chi connectivity index (χ1) is 23.4. The fourth-order valence-electron chi connectivity index (χ4n) is 5.39. The number of ketones is 2. The molecule has 2 aliphatic carbocycles. The molecule has 0 atom stereocenters. The average molecular weight is 728 g/mol. The van der Waals surface area contributed by atoms with Crippen LogP contribution in [0.3, 0.4) is 0 Å². The van der Waals surface area contributed by atoms with E-state index in [0.717, 1.165) is 33.4 Å². The maximum Gasteiger partial charge on any atom is 0.186 e. The number of halogens is 2. The number of rotatable bonds is 6. The third kappa shape index (κ3) is 9.99. The Bertz CT molecular complexity index is 1780. The lowest BCUT2D eigenvalue weighted by molar-refractivity contribution is -0.114. The van der Waals surface area contributed by atoms with Crippen LogP contribution in [0.5, 0.6) is 11.5 Å². The molecule has 268 valence electrons. The van der Waals surface area contributed by atoms with Crippen molar-refractivity contribution >= 4 is 46.1 Å². The molecular weight excluding hydrogens is 679 g/mol. The van der Waals surface area contributed by atoms with Gasteiger partial charge >= 0.3 is 0 Å². The summed E-state index contributed by atoms with van der Waals surface area (Å²) in [6, 6.07) is 10.1. The number of hydrogen-bond donors (Lipinski definition) is 0. The molecule has 0 aromatic heterocycles. The molecule has 7 nitrogen and oxygen atoms in total. The highest BCUT2D eigenvalue weighted by Gasteiger charge is 2.35. The molecule has 0 amide bonds. The Morgan fingerprint density at radius 1 is 0.510 bits per heavy atom. The van der Waals surface area contributed by atoms with Gasteiger partial charge in [0.15, 0.2) is 11.6 Å². The number of nitrogens with zero attached hydrogens (tertiary/aromatic N) is 4. The molecule has 0 fully saturated rings. The summed E-state index contributed by atoms with van der Waals surface area (Å²) in [5.74, 6) is 0.785. The molecule has 9 heteroatoms. The molecule has 2 aromatic rings. The SMILES string of the molecule is CC(C)(C)C1=CC(=CN=Nc2ccc(Cl)c(Oc3cc(N=NC=C4C=C(C(C)(C)C)C(=O)C(C(C)(C)C)=C4)ccc3Cl)c2)C=C(C(C)(C)C)C1=O. The second kappa shape index (κ2) is 14.8. The van der Waals surface area contributed by atoms with Gasteiger partial charge in [0.1, 0.15) is 11.5 Å². The zero-order valence-electron chi connectivity index (χ0n) is 31.7. The molecule has 0 saturated heterocycles. The van der Waals surface area contributed by atoms with Gasteiger partial charge in [0.25, 0.3) is 0 Å². The van der Waals surface area contributed by atoms with E-state index in [1.54, 1.807) is 48.8 Å². The lowest BCUT2D eigenvalue weighted by atomic mass is 9.72. The average Bonchev–Trinajstić information content (AvgIpc) is 2.99. The number of hydrogen-bond acceptors (Lipinski definition) is 7. The van der Waals surface area contributed by atoms with Crippen LogP contribution in [0.1, 0.15) is 83.1 Å². The summed E-state index contributed by atoms with van der Waals surface area (Å²) in [5, 5.41) is 18.1. The highest BCUT2D eigenvalue weighted by atomic mass is 35.5. The molecule has 51 heavy (non-hydrogen) atoms. The molecular formula is C42H48Cl2N4O3. The number of benzene rings is 2. The van der Waals surface area contributed by atoms with Gasteiger partial charge in [-0.05, 0) is 81.4 Å². The van der Waals surface area contributed by atoms with Crippen LogP contribution >= 0.6 is 23.2 Å². The van der Waals surface area contributed by atoms with E-state index in [0.29, 0.717) is 32.9 Å². The number of azo groups is 2. The number of Topliss-reactive ketones (excluding diaryl/α,β-unsaturated/α-hetero) is 2. The predicted molar refractivity (Wildman–Crippen MR) is 208 cm³/mol. The zero-order chi connectivity index (χ0) is 38.1. The second-order valence-corrected chi connectivity index (χ2v) is 17.7. The van der Waals surface area contributed by atoms with Crippen LogP contribution in [0, 0.1) is 21.7 Å². The Labute approximate surface area is 312 Å². The van der Waals surface area contributed by atoms with Gasteiger partial charge in [-0.2, -0.15) is 20.5 Å².